The van der Waals surface area contributed by atoms with Crippen LogP contribution in [0.1, 0.15) is 44.9 Å². The standard InChI is InChI=1S/C14H20ClN3/c1-2-3-4-5-6-7-13-17-12-9-10(15)8-11(16)14(12)18-13/h8-9H,2-7,16H2,1H3,(H,17,18). The van der Waals surface area contributed by atoms with E-state index in [0.717, 1.165) is 23.3 Å². The van der Waals surface area contributed by atoms with Gasteiger partial charge in [0.1, 0.15) is 11.3 Å². The van der Waals surface area contributed by atoms with Crippen LogP contribution in [0, 0.1) is 0 Å². The maximum absolute atomic E-state index is 5.97. The smallest absolute Gasteiger partial charge is 0.112 e. The van der Waals surface area contributed by atoms with Crippen LogP contribution in [-0.2, 0) is 6.42 Å². The van der Waals surface area contributed by atoms with Gasteiger partial charge in [0.15, 0.2) is 0 Å². The molecule has 0 saturated carbocycles. The van der Waals surface area contributed by atoms with Crippen LogP contribution in [0.2, 0.25) is 5.02 Å². The third-order valence-corrected chi connectivity index (χ3v) is 3.37. The second kappa shape index (κ2) is 6.10. The molecule has 0 spiro atoms. The normalized spacial score (nSPS) is 11.2. The average molecular weight is 266 g/mol. The third-order valence-electron chi connectivity index (χ3n) is 3.15. The van der Waals surface area contributed by atoms with Crippen LogP contribution in [-0.4, -0.2) is 9.97 Å². The van der Waals surface area contributed by atoms with Gasteiger partial charge in [-0.15, -0.1) is 0 Å². The van der Waals surface area contributed by atoms with Crippen molar-refractivity contribution in [3.05, 3.63) is 23.0 Å². The summed E-state index contributed by atoms with van der Waals surface area (Å²) in [6.07, 6.45) is 7.33. The first-order chi connectivity index (χ1) is 8.70. The quantitative estimate of drug-likeness (QED) is 0.604. The number of halogens is 1. The second-order valence-corrected chi connectivity index (χ2v) is 5.18. The number of hydrogen-bond acceptors (Lipinski definition) is 2. The molecule has 4 heteroatoms. The van der Waals surface area contributed by atoms with Crippen LogP contribution in [0.15, 0.2) is 12.1 Å². The number of nitrogens with zero attached hydrogens (tertiary/aromatic N) is 1. The zero-order valence-corrected chi connectivity index (χ0v) is 11.6. The van der Waals surface area contributed by atoms with Crippen molar-refractivity contribution in [1.82, 2.24) is 9.97 Å². The highest BCUT2D eigenvalue weighted by Gasteiger charge is 2.06. The second-order valence-electron chi connectivity index (χ2n) is 4.74. The van der Waals surface area contributed by atoms with Crippen LogP contribution >= 0.6 is 11.6 Å². The van der Waals surface area contributed by atoms with E-state index in [9.17, 15) is 0 Å². The molecule has 2 rings (SSSR count). The SMILES string of the molecule is CCCCCCCc1nc2c(N)cc(Cl)cc2[nH]1. The number of rotatable bonds is 6. The Hall–Kier alpha value is -1.22. The van der Waals surface area contributed by atoms with Crippen LogP contribution in [0.5, 0.6) is 0 Å². The molecule has 0 aliphatic rings. The summed E-state index contributed by atoms with van der Waals surface area (Å²) in [6, 6.07) is 3.62. The fourth-order valence-electron chi connectivity index (χ4n) is 2.17. The summed E-state index contributed by atoms with van der Waals surface area (Å²) in [4.78, 5) is 7.82. The van der Waals surface area contributed by atoms with E-state index in [0.29, 0.717) is 10.7 Å². The molecule has 0 aliphatic carbocycles. The lowest BCUT2D eigenvalue weighted by molar-refractivity contribution is 0.625. The van der Waals surface area contributed by atoms with E-state index in [1.165, 1.54) is 32.1 Å². The zero-order valence-electron chi connectivity index (χ0n) is 10.8. The Labute approximate surface area is 113 Å². The first-order valence-corrected chi connectivity index (χ1v) is 7.02. The first kappa shape index (κ1) is 13.2. The molecular weight excluding hydrogens is 246 g/mol. The van der Waals surface area contributed by atoms with Gasteiger partial charge in [-0.3, -0.25) is 0 Å². The van der Waals surface area contributed by atoms with Gasteiger partial charge in [0.05, 0.1) is 11.2 Å². The van der Waals surface area contributed by atoms with Gasteiger partial charge in [-0.2, -0.15) is 0 Å². The van der Waals surface area contributed by atoms with E-state index in [1.54, 1.807) is 6.07 Å². The largest absolute Gasteiger partial charge is 0.397 e. The van der Waals surface area contributed by atoms with Gasteiger partial charge in [-0.25, -0.2) is 4.98 Å². The average Bonchev–Trinajstić information content (AvgIpc) is 2.72. The maximum Gasteiger partial charge on any atom is 0.112 e. The highest BCUT2D eigenvalue weighted by molar-refractivity contribution is 6.31. The van der Waals surface area contributed by atoms with E-state index in [4.69, 9.17) is 17.3 Å². The molecule has 18 heavy (non-hydrogen) atoms. The minimum atomic E-state index is 0.644. The number of aromatic nitrogens is 2. The molecule has 3 N–H and O–H groups in total. The number of nitrogens with one attached hydrogen (secondary N) is 1. The number of anilines is 1. The molecule has 98 valence electrons. The summed E-state index contributed by atoms with van der Waals surface area (Å²) in [5, 5.41) is 0.651. The minimum Gasteiger partial charge on any atom is -0.397 e. The fourth-order valence-corrected chi connectivity index (χ4v) is 2.40. The van der Waals surface area contributed by atoms with Crippen molar-refractivity contribution in [3.8, 4) is 0 Å². The lowest BCUT2D eigenvalue weighted by Gasteiger charge is -1.97. The number of aromatic amines is 1. The van der Waals surface area contributed by atoms with Crippen molar-refractivity contribution in [2.75, 3.05) is 5.73 Å². The van der Waals surface area contributed by atoms with Crippen LogP contribution < -0.4 is 5.73 Å². The molecule has 0 aliphatic heterocycles. The van der Waals surface area contributed by atoms with Gasteiger partial charge < -0.3 is 10.7 Å². The van der Waals surface area contributed by atoms with E-state index in [2.05, 4.69) is 16.9 Å². The Morgan fingerprint density at radius 3 is 2.78 bits per heavy atom. The zero-order chi connectivity index (χ0) is 13.0. The third kappa shape index (κ3) is 3.16. The molecule has 1 heterocycles. The first-order valence-electron chi connectivity index (χ1n) is 6.64. The summed E-state index contributed by atoms with van der Waals surface area (Å²) in [7, 11) is 0. The molecule has 0 amide bonds. The van der Waals surface area contributed by atoms with Crippen molar-refractivity contribution in [1.29, 1.82) is 0 Å². The van der Waals surface area contributed by atoms with Crippen molar-refractivity contribution >= 4 is 28.3 Å². The Balaban J connectivity index is 2.00. The molecule has 0 atom stereocenters. The van der Waals surface area contributed by atoms with Gasteiger partial charge in [0.2, 0.25) is 0 Å². The molecule has 0 unspecified atom stereocenters. The summed E-state index contributed by atoms with van der Waals surface area (Å²) in [5.74, 6) is 1.01. The topological polar surface area (TPSA) is 54.7 Å². The summed E-state index contributed by atoms with van der Waals surface area (Å²) in [6.45, 7) is 2.23. The molecule has 0 saturated heterocycles. The van der Waals surface area contributed by atoms with Crippen LogP contribution in [0.3, 0.4) is 0 Å². The van der Waals surface area contributed by atoms with Crippen molar-refractivity contribution in [2.24, 2.45) is 0 Å². The number of nitrogens with two attached hydrogens (primary N) is 1. The summed E-state index contributed by atoms with van der Waals surface area (Å²) >= 11 is 5.97. The Morgan fingerprint density at radius 1 is 1.22 bits per heavy atom. The molecular formula is C14H20ClN3. The number of hydrogen-bond donors (Lipinski definition) is 2. The molecule has 0 bridgehead atoms. The molecule has 1 aromatic heterocycles. The van der Waals surface area contributed by atoms with Gasteiger partial charge in [0.25, 0.3) is 0 Å². The van der Waals surface area contributed by atoms with Gasteiger partial charge in [-0.05, 0) is 18.6 Å². The van der Waals surface area contributed by atoms with E-state index < -0.39 is 0 Å². The summed E-state index contributed by atoms with van der Waals surface area (Å²) < 4.78 is 0. The molecule has 2 aromatic rings. The predicted molar refractivity (Wildman–Crippen MR) is 78.0 cm³/mol. The highest BCUT2D eigenvalue weighted by Crippen LogP contribution is 2.24. The number of benzene rings is 1. The number of nitrogen functional groups attached to an aromatic ring is 1. The predicted octanol–water partition coefficient (Wildman–Crippen LogP) is 4.31. The number of unbranched alkanes of at least 4 members (excludes halogenated alkanes) is 4. The highest BCUT2D eigenvalue weighted by atomic mass is 35.5. The lowest BCUT2D eigenvalue weighted by atomic mass is 10.1. The number of aryl methyl sites for hydroxylation is 1. The molecule has 0 fully saturated rings. The van der Waals surface area contributed by atoms with E-state index >= 15 is 0 Å². The van der Waals surface area contributed by atoms with Crippen LogP contribution in [0.4, 0.5) is 5.69 Å². The Kier molecular flexibility index (Phi) is 4.48. The molecule has 1 aromatic carbocycles. The number of H-pyrrole nitrogens is 1. The van der Waals surface area contributed by atoms with Crippen LogP contribution in [0.25, 0.3) is 11.0 Å². The van der Waals surface area contributed by atoms with E-state index in [1.807, 2.05) is 6.07 Å². The van der Waals surface area contributed by atoms with Crippen molar-refractivity contribution in [2.45, 2.75) is 45.4 Å². The van der Waals surface area contributed by atoms with E-state index in [-0.39, 0.29) is 0 Å². The lowest BCUT2D eigenvalue weighted by Crippen LogP contribution is -1.89. The van der Waals surface area contributed by atoms with Gasteiger partial charge in [-0.1, -0.05) is 44.2 Å². The molecule has 3 nitrogen and oxygen atoms in total. The van der Waals surface area contributed by atoms with Crippen molar-refractivity contribution < 1.29 is 0 Å². The van der Waals surface area contributed by atoms with Gasteiger partial charge >= 0.3 is 0 Å². The number of imidazole rings is 1. The Bertz CT molecular complexity index is 519. The molecule has 0 radical (unpaired) electrons. The maximum atomic E-state index is 5.97. The van der Waals surface area contributed by atoms with Crippen molar-refractivity contribution in [3.63, 3.8) is 0 Å². The fraction of sp³-hybridized carbons (Fsp3) is 0.500. The summed E-state index contributed by atoms with van der Waals surface area (Å²) in [5.41, 5.74) is 8.31. The Morgan fingerprint density at radius 2 is 2.00 bits per heavy atom. The monoisotopic (exact) mass is 265 g/mol. The number of fused-ring (bicyclic) bond motifs is 1. The van der Waals surface area contributed by atoms with Gasteiger partial charge in [0, 0.05) is 11.4 Å². The minimum absolute atomic E-state index is 0.644.